The van der Waals surface area contributed by atoms with E-state index < -0.39 is 0 Å². The number of thioether (sulfide) groups is 1. The van der Waals surface area contributed by atoms with E-state index in [9.17, 15) is 0 Å². The van der Waals surface area contributed by atoms with Crippen LogP contribution in [-0.2, 0) is 6.54 Å². The molecule has 0 aromatic heterocycles. The van der Waals surface area contributed by atoms with Gasteiger partial charge in [0.15, 0.2) is 5.96 Å². The summed E-state index contributed by atoms with van der Waals surface area (Å²) in [7, 11) is 5.98. The van der Waals surface area contributed by atoms with Crippen LogP contribution in [0.2, 0.25) is 0 Å². The average Bonchev–Trinajstić information content (AvgIpc) is 2.63. The number of benzene rings is 1. The lowest BCUT2D eigenvalue weighted by molar-refractivity contribution is 0.259. The number of aliphatic imine (C=N–C) groups is 1. The van der Waals surface area contributed by atoms with Crippen molar-refractivity contribution < 1.29 is 4.74 Å². The van der Waals surface area contributed by atoms with Gasteiger partial charge in [0.05, 0.1) is 0 Å². The van der Waals surface area contributed by atoms with Crippen molar-refractivity contribution in [3.8, 4) is 5.75 Å². The highest BCUT2D eigenvalue weighted by atomic mass is 32.2. The highest BCUT2D eigenvalue weighted by Crippen LogP contribution is 2.25. The quantitative estimate of drug-likeness (QED) is 0.584. The third kappa shape index (κ3) is 6.40. The monoisotopic (exact) mass is 378 g/mol. The molecule has 1 aliphatic rings. The lowest BCUT2D eigenvalue weighted by Gasteiger charge is -2.36. The Morgan fingerprint density at radius 1 is 1.38 bits per heavy atom. The zero-order valence-corrected chi connectivity index (χ0v) is 17.7. The van der Waals surface area contributed by atoms with Gasteiger partial charge in [-0.1, -0.05) is 32.0 Å². The minimum atomic E-state index is 0.670. The number of para-hydroxylation sites is 1. The fourth-order valence-corrected chi connectivity index (χ4v) is 4.21. The summed E-state index contributed by atoms with van der Waals surface area (Å²) in [6.07, 6.45) is 0. The predicted molar refractivity (Wildman–Crippen MR) is 113 cm³/mol. The van der Waals surface area contributed by atoms with Crippen molar-refractivity contribution >= 4 is 17.7 Å². The van der Waals surface area contributed by atoms with Crippen molar-refractivity contribution in [1.29, 1.82) is 0 Å². The Balaban J connectivity index is 1.94. The van der Waals surface area contributed by atoms with Crippen LogP contribution in [0.25, 0.3) is 0 Å². The first-order valence-electron chi connectivity index (χ1n) is 9.44. The van der Waals surface area contributed by atoms with Crippen molar-refractivity contribution in [2.75, 3.05) is 53.1 Å². The molecule has 1 aliphatic heterocycles. The van der Waals surface area contributed by atoms with Crippen molar-refractivity contribution in [3.63, 3.8) is 0 Å². The first kappa shape index (κ1) is 20.9. The van der Waals surface area contributed by atoms with Crippen LogP contribution in [-0.4, -0.2) is 74.1 Å². The van der Waals surface area contributed by atoms with Crippen LogP contribution in [0.15, 0.2) is 29.3 Å². The summed E-state index contributed by atoms with van der Waals surface area (Å²) in [6.45, 7) is 9.04. The van der Waals surface area contributed by atoms with Gasteiger partial charge in [0.25, 0.3) is 0 Å². The van der Waals surface area contributed by atoms with E-state index in [2.05, 4.69) is 71.9 Å². The predicted octanol–water partition coefficient (Wildman–Crippen LogP) is 2.78. The second-order valence-electron chi connectivity index (χ2n) is 7.26. The normalized spacial score (nSPS) is 18.5. The Kier molecular flexibility index (Phi) is 8.59. The van der Waals surface area contributed by atoms with Gasteiger partial charge in [-0.15, -0.1) is 0 Å². The maximum absolute atomic E-state index is 5.97. The Morgan fingerprint density at radius 3 is 2.85 bits per heavy atom. The molecule has 2 rings (SSSR count). The zero-order chi connectivity index (χ0) is 18.9. The van der Waals surface area contributed by atoms with E-state index in [4.69, 9.17) is 4.74 Å². The second kappa shape index (κ2) is 10.7. The van der Waals surface area contributed by atoms with Gasteiger partial charge in [0.2, 0.25) is 0 Å². The number of guanidine groups is 1. The van der Waals surface area contributed by atoms with Gasteiger partial charge >= 0.3 is 0 Å². The molecule has 1 aromatic rings. The van der Waals surface area contributed by atoms with Gasteiger partial charge in [-0.2, -0.15) is 11.8 Å². The molecule has 6 heteroatoms. The number of nitrogens with one attached hydrogen (secondary N) is 1. The molecule has 1 atom stereocenters. The standard InChI is InChI=1S/C20H34N4OS/c1-16(2)19-15-24(11-13-26-19)20(21-3)22-14-17-8-6-7-9-18(17)25-12-10-23(4)5/h6-9,16,19H,10-15H2,1-5H3,(H,21,22). The first-order chi connectivity index (χ1) is 12.5. The van der Waals surface area contributed by atoms with E-state index in [1.54, 1.807) is 0 Å². The molecule has 1 heterocycles. The summed E-state index contributed by atoms with van der Waals surface area (Å²) in [5.74, 6) is 3.78. The smallest absolute Gasteiger partial charge is 0.193 e. The SMILES string of the molecule is CN=C(NCc1ccccc1OCCN(C)C)N1CCSC(C(C)C)C1. The number of likely N-dealkylation sites (N-methyl/N-ethyl adjacent to an activating group) is 1. The molecule has 1 N–H and O–H groups in total. The lowest BCUT2D eigenvalue weighted by atomic mass is 10.1. The second-order valence-corrected chi connectivity index (χ2v) is 8.61. The molecular weight excluding hydrogens is 344 g/mol. The molecule has 1 fully saturated rings. The van der Waals surface area contributed by atoms with Crippen molar-refractivity contribution in [3.05, 3.63) is 29.8 Å². The number of ether oxygens (including phenoxy) is 1. The van der Waals surface area contributed by atoms with E-state index in [0.29, 0.717) is 17.8 Å². The van der Waals surface area contributed by atoms with Gasteiger partial charge in [0.1, 0.15) is 12.4 Å². The van der Waals surface area contributed by atoms with E-state index in [-0.39, 0.29) is 0 Å². The van der Waals surface area contributed by atoms with Crippen molar-refractivity contribution in [2.24, 2.45) is 10.9 Å². The van der Waals surface area contributed by atoms with Crippen molar-refractivity contribution in [2.45, 2.75) is 25.6 Å². The number of hydrogen-bond donors (Lipinski definition) is 1. The van der Waals surface area contributed by atoms with Gasteiger partial charge in [-0.25, -0.2) is 0 Å². The summed E-state index contributed by atoms with van der Waals surface area (Å²) < 4.78 is 5.97. The Hall–Kier alpha value is -1.40. The molecule has 146 valence electrons. The molecule has 0 aliphatic carbocycles. The summed E-state index contributed by atoms with van der Waals surface area (Å²) in [4.78, 5) is 9.02. The van der Waals surface area contributed by atoms with Crippen molar-refractivity contribution in [1.82, 2.24) is 15.1 Å². The topological polar surface area (TPSA) is 40.1 Å². The van der Waals surface area contributed by atoms with E-state index in [1.165, 1.54) is 5.56 Å². The van der Waals surface area contributed by atoms with E-state index in [0.717, 1.165) is 43.6 Å². The molecule has 0 radical (unpaired) electrons. The fourth-order valence-electron chi connectivity index (χ4n) is 2.91. The molecule has 0 spiro atoms. The molecule has 1 saturated heterocycles. The van der Waals surface area contributed by atoms with Crippen LogP contribution in [0, 0.1) is 5.92 Å². The van der Waals surface area contributed by atoms with Gasteiger partial charge in [-0.3, -0.25) is 4.99 Å². The molecule has 1 unspecified atom stereocenters. The third-order valence-electron chi connectivity index (χ3n) is 4.55. The lowest BCUT2D eigenvalue weighted by Crippen LogP contribution is -2.48. The molecule has 0 saturated carbocycles. The number of rotatable bonds is 7. The van der Waals surface area contributed by atoms with Crippen LogP contribution in [0.1, 0.15) is 19.4 Å². The molecular formula is C20H34N4OS. The summed E-state index contributed by atoms with van der Waals surface area (Å²) in [5, 5.41) is 4.20. The van der Waals surface area contributed by atoms with Gasteiger partial charge < -0.3 is 19.9 Å². The summed E-state index contributed by atoms with van der Waals surface area (Å²) in [5.41, 5.74) is 1.17. The first-order valence-corrected chi connectivity index (χ1v) is 10.5. The van der Waals surface area contributed by atoms with Crippen LogP contribution in [0.4, 0.5) is 0 Å². The Bertz CT molecular complexity index is 577. The van der Waals surface area contributed by atoms with Gasteiger partial charge in [0, 0.05) is 49.8 Å². The minimum Gasteiger partial charge on any atom is -0.492 e. The van der Waals surface area contributed by atoms with E-state index >= 15 is 0 Å². The zero-order valence-electron chi connectivity index (χ0n) is 16.9. The van der Waals surface area contributed by atoms with Crippen LogP contribution in [0.3, 0.4) is 0 Å². The summed E-state index contributed by atoms with van der Waals surface area (Å²) in [6, 6.07) is 8.25. The number of hydrogen-bond acceptors (Lipinski definition) is 4. The van der Waals surface area contributed by atoms with E-state index in [1.807, 2.05) is 19.2 Å². The highest BCUT2D eigenvalue weighted by molar-refractivity contribution is 8.00. The molecule has 5 nitrogen and oxygen atoms in total. The van der Waals surface area contributed by atoms with Crippen LogP contribution < -0.4 is 10.1 Å². The largest absolute Gasteiger partial charge is 0.492 e. The molecule has 0 amide bonds. The molecule has 1 aromatic carbocycles. The van der Waals surface area contributed by atoms with Gasteiger partial charge in [-0.05, 0) is 26.1 Å². The maximum Gasteiger partial charge on any atom is 0.193 e. The third-order valence-corrected chi connectivity index (χ3v) is 6.09. The highest BCUT2D eigenvalue weighted by Gasteiger charge is 2.24. The molecule has 0 bridgehead atoms. The average molecular weight is 379 g/mol. The Labute approximate surface area is 163 Å². The molecule has 26 heavy (non-hydrogen) atoms. The Morgan fingerprint density at radius 2 is 2.15 bits per heavy atom. The summed E-state index contributed by atoms with van der Waals surface area (Å²) >= 11 is 2.08. The van der Waals surface area contributed by atoms with Crippen LogP contribution >= 0.6 is 11.8 Å². The van der Waals surface area contributed by atoms with Crippen LogP contribution in [0.5, 0.6) is 5.75 Å². The fraction of sp³-hybridized carbons (Fsp3) is 0.650. The minimum absolute atomic E-state index is 0.670. The maximum atomic E-state index is 5.97. The number of nitrogens with zero attached hydrogens (tertiary/aromatic N) is 3.